The number of nitrogens with one attached hydrogen (secondary N) is 1. The van der Waals surface area contributed by atoms with E-state index in [1.54, 1.807) is 0 Å². The summed E-state index contributed by atoms with van der Waals surface area (Å²) in [6.45, 7) is 10.8. The highest BCUT2D eigenvalue weighted by Gasteiger charge is 2.19. The molecule has 1 heterocycles. The fourth-order valence-electron chi connectivity index (χ4n) is 2.67. The second kappa shape index (κ2) is 6.36. The van der Waals surface area contributed by atoms with Crippen LogP contribution in [-0.2, 0) is 12.8 Å². The van der Waals surface area contributed by atoms with Crippen molar-refractivity contribution >= 4 is 11.6 Å². The third-order valence-electron chi connectivity index (χ3n) is 3.69. The third kappa shape index (κ3) is 4.39. The molecule has 0 radical (unpaired) electrons. The van der Waals surface area contributed by atoms with Crippen molar-refractivity contribution in [2.75, 3.05) is 13.2 Å². The van der Waals surface area contributed by atoms with Gasteiger partial charge in [-0.3, -0.25) is 0 Å². The van der Waals surface area contributed by atoms with Gasteiger partial charge in [0.15, 0.2) is 0 Å². The molecule has 1 aromatic carbocycles. The number of fused-ring (bicyclic) bond motifs is 1. The van der Waals surface area contributed by atoms with Gasteiger partial charge in [0.05, 0.1) is 6.61 Å². The van der Waals surface area contributed by atoms with Crippen LogP contribution in [0.3, 0.4) is 0 Å². The summed E-state index contributed by atoms with van der Waals surface area (Å²) in [6, 6.07) is 4.11. The van der Waals surface area contributed by atoms with Gasteiger partial charge in [-0.05, 0) is 69.3 Å². The summed E-state index contributed by atoms with van der Waals surface area (Å²) < 4.78 is 5.77. The Morgan fingerprint density at radius 1 is 1.35 bits per heavy atom. The number of ether oxygens (including phenoxy) is 1. The molecular formula is C17H26ClNO. The molecule has 2 rings (SSSR count). The molecule has 1 aromatic rings. The molecular weight excluding hydrogens is 270 g/mol. The van der Waals surface area contributed by atoms with Gasteiger partial charge in [-0.1, -0.05) is 18.5 Å². The van der Waals surface area contributed by atoms with Crippen molar-refractivity contribution in [1.82, 2.24) is 5.32 Å². The van der Waals surface area contributed by atoms with E-state index in [9.17, 15) is 0 Å². The normalized spacial score (nSPS) is 15.8. The van der Waals surface area contributed by atoms with Crippen LogP contribution in [0.2, 0.25) is 5.02 Å². The highest BCUT2D eigenvalue weighted by molar-refractivity contribution is 6.30. The monoisotopic (exact) mass is 295 g/mol. The van der Waals surface area contributed by atoms with E-state index in [4.69, 9.17) is 16.3 Å². The maximum atomic E-state index is 6.21. The zero-order valence-electron chi connectivity index (χ0n) is 13.1. The molecule has 1 N–H and O–H groups in total. The summed E-state index contributed by atoms with van der Waals surface area (Å²) in [5.41, 5.74) is 2.74. The fourth-order valence-corrected chi connectivity index (χ4v) is 2.93. The van der Waals surface area contributed by atoms with Crippen molar-refractivity contribution in [3.05, 3.63) is 28.3 Å². The number of hydrogen-bond donors (Lipinski definition) is 1. The molecule has 20 heavy (non-hydrogen) atoms. The predicted molar refractivity (Wildman–Crippen MR) is 85.9 cm³/mol. The van der Waals surface area contributed by atoms with Crippen LogP contribution in [0.1, 0.15) is 45.2 Å². The Bertz CT molecular complexity index is 465. The molecule has 1 aliphatic rings. The zero-order valence-corrected chi connectivity index (χ0v) is 13.8. The van der Waals surface area contributed by atoms with E-state index >= 15 is 0 Å². The molecule has 112 valence electrons. The Kier molecular flexibility index (Phi) is 4.98. The third-order valence-corrected chi connectivity index (χ3v) is 3.90. The maximum absolute atomic E-state index is 6.21. The van der Waals surface area contributed by atoms with Gasteiger partial charge in [-0.25, -0.2) is 0 Å². The van der Waals surface area contributed by atoms with Crippen LogP contribution in [0.5, 0.6) is 5.75 Å². The van der Waals surface area contributed by atoms with Crippen LogP contribution in [0.15, 0.2) is 12.1 Å². The second-order valence-electron chi connectivity index (χ2n) is 6.93. The molecule has 0 spiro atoms. The SMILES string of the molecule is CC(CCNC(C)(C)C)Cc1cc(Cl)cc2c1OCC2. The van der Waals surface area contributed by atoms with Crippen LogP contribution < -0.4 is 10.1 Å². The highest BCUT2D eigenvalue weighted by atomic mass is 35.5. The van der Waals surface area contributed by atoms with Crippen molar-refractivity contribution in [3.63, 3.8) is 0 Å². The highest BCUT2D eigenvalue weighted by Crippen LogP contribution is 2.34. The van der Waals surface area contributed by atoms with E-state index in [0.717, 1.165) is 36.8 Å². The molecule has 1 atom stereocenters. The first-order valence-corrected chi connectivity index (χ1v) is 7.92. The summed E-state index contributed by atoms with van der Waals surface area (Å²) in [5, 5.41) is 4.38. The fraction of sp³-hybridized carbons (Fsp3) is 0.647. The van der Waals surface area contributed by atoms with E-state index in [0.29, 0.717) is 5.92 Å². The van der Waals surface area contributed by atoms with Crippen LogP contribution in [0, 0.1) is 5.92 Å². The smallest absolute Gasteiger partial charge is 0.125 e. The van der Waals surface area contributed by atoms with E-state index in [1.807, 2.05) is 6.07 Å². The molecule has 0 bridgehead atoms. The summed E-state index contributed by atoms with van der Waals surface area (Å²) in [4.78, 5) is 0. The molecule has 3 heteroatoms. The van der Waals surface area contributed by atoms with Crippen LogP contribution >= 0.6 is 11.6 Å². The lowest BCUT2D eigenvalue weighted by molar-refractivity contribution is 0.349. The van der Waals surface area contributed by atoms with E-state index in [2.05, 4.69) is 39.1 Å². The summed E-state index contributed by atoms with van der Waals surface area (Å²) >= 11 is 6.21. The topological polar surface area (TPSA) is 21.3 Å². The van der Waals surface area contributed by atoms with Crippen LogP contribution in [-0.4, -0.2) is 18.7 Å². The molecule has 0 fully saturated rings. The van der Waals surface area contributed by atoms with Gasteiger partial charge in [0.25, 0.3) is 0 Å². The van der Waals surface area contributed by atoms with Crippen molar-refractivity contribution in [1.29, 1.82) is 0 Å². The first-order chi connectivity index (χ1) is 9.35. The predicted octanol–water partition coefficient (Wildman–Crippen LogP) is 4.23. The molecule has 1 unspecified atom stereocenters. The molecule has 0 aliphatic carbocycles. The van der Waals surface area contributed by atoms with Gasteiger partial charge < -0.3 is 10.1 Å². The van der Waals surface area contributed by atoms with Crippen molar-refractivity contribution in [2.24, 2.45) is 5.92 Å². The van der Waals surface area contributed by atoms with Crippen LogP contribution in [0.25, 0.3) is 0 Å². The number of rotatable bonds is 5. The first-order valence-electron chi connectivity index (χ1n) is 7.54. The molecule has 2 nitrogen and oxygen atoms in total. The lowest BCUT2D eigenvalue weighted by atomic mass is 9.95. The lowest BCUT2D eigenvalue weighted by Crippen LogP contribution is -2.37. The van der Waals surface area contributed by atoms with Gasteiger partial charge in [-0.15, -0.1) is 0 Å². The number of hydrogen-bond acceptors (Lipinski definition) is 2. The van der Waals surface area contributed by atoms with E-state index in [1.165, 1.54) is 17.5 Å². The Morgan fingerprint density at radius 2 is 2.10 bits per heavy atom. The minimum atomic E-state index is 0.195. The Balaban J connectivity index is 1.93. The number of benzene rings is 1. The van der Waals surface area contributed by atoms with Crippen molar-refractivity contribution < 1.29 is 4.74 Å². The minimum Gasteiger partial charge on any atom is -0.493 e. The molecule has 0 aromatic heterocycles. The van der Waals surface area contributed by atoms with Gasteiger partial charge in [0.2, 0.25) is 0 Å². The maximum Gasteiger partial charge on any atom is 0.125 e. The Labute approximate surface area is 127 Å². The molecule has 0 saturated carbocycles. The first kappa shape index (κ1) is 15.7. The largest absolute Gasteiger partial charge is 0.493 e. The van der Waals surface area contributed by atoms with Gasteiger partial charge in [0.1, 0.15) is 5.75 Å². The zero-order chi connectivity index (χ0) is 14.8. The lowest BCUT2D eigenvalue weighted by Gasteiger charge is -2.22. The minimum absolute atomic E-state index is 0.195. The second-order valence-corrected chi connectivity index (χ2v) is 7.36. The Hall–Kier alpha value is -0.730. The number of halogens is 1. The van der Waals surface area contributed by atoms with Gasteiger partial charge >= 0.3 is 0 Å². The van der Waals surface area contributed by atoms with E-state index < -0.39 is 0 Å². The van der Waals surface area contributed by atoms with Crippen molar-refractivity contribution in [3.8, 4) is 5.75 Å². The summed E-state index contributed by atoms with van der Waals surface area (Å²) in [5.74, 6) is 1.71. The Morgan fingerprint density at radius 3 is 2.80 bits per heavy atom. The van der Waals surface area contributed by atoms with Crippen molar-refractivity contribution in [2.45, 2.75) is 52.5 Å². The van der Waals surface area contributed by atoms with Gasteiger partial charge in [0, 0.05) is 17.0 Å². The quantitative estimate of drug-likeness (QED) is 0.877. The standard InChI is InChI=1S/C17H26ClNO/c1-12(5-7-19-17(2,3)4)9-14-11-15(18)10-13-6-8-20-16(13)14/h10-12,19H,5-9H2,1-4H3. The average Bonchev–Trinajstić information content (AvgIpc) is 2.74. The molecule has 0 saturated heterocycles. The molecule has 1 aliphatic heterocycles. The average molecular weight is 296 g/mol. The summed E-state index contributed by atoms with van der Waals surface area (Å²) in [6.07, 6.45) is 3.19. The molecule has 0 amide bonds. The summed E-state index contributed by atoms with van der Waals surface area (Å²) in [7, 11) is 0. The van der Waals surface area contributed by atoms with Crippen LogP contribution in [0.4, 0.5) is 0 Å². The van der Waals surface area contributed by atoms with Gasteiger partial charge in [-0.2, -0.15) is 0 Å². The van der Waals surface area contributed by atoms with E-state index in [-0.39, 0.29) is 5.54 Å².